The summed E-state index contributed by atoms with van der Waals surface area (Å²) in [6, 6.07) is 2.14. The maximum absolute atomic E-state index is 11.7. The van der Waals surface area contributed by atoms with Crippen LogP contribution in [0.25, 0.3) is 0 Å². The van der Waals surface area contributed by atoms with E-state index in [0.29, 0.717) is 18.0 Å². The fraction of sp³-hybridized carbons (Fsp3) is 0.857. The highest BCUT2D eigenvalue weighted by Crippen LogP contribution is 2.66. The van der Waals surface area contributed by atoms with Gasteiger partial charge < -0.3 is 10.2 Å². The fourth-order valence-electron chi connectivity index (χ4n) is 9.62. The first-order valence-corrected chi connectivity index (χ1v) is 13.6. The Morgan fingerprint density at radius 1 is 1.15 bits per heavy atom. The molecule has 0 bridgehead atoms. The molecule has 1 aromatic rings. The van der Waals surface area contributed by atoms with Crippen LogP contribution in [0.15, 0.2) is 12.4 Å². The molecule has 1 heterocycles. The zero-order valence-corrected chi connectivity index (χ0v) is 20.8. The van der Waals surface area contributed by atoms with Crippen LogP contribution in [-0.2, 0) is 6.54 Å². The predicted molar refractivity (Wildman–Crippen MR) is 128 cm³/mol. The van der Waals surface area contributed by atoms with Gasteiger partial charge in [0.15, 0.2) is 0 Å². The molecule has 9 atom stereocenters. The third kappa shape index (κ3) is 3.96. The molecule has 1 unspecified atom stereocenters. The van der Waals surface area contributed by atoms with Crippen molar-refractivity contribution in [2.75, 3.05) is 0 Å². The third-order valence-corrected chi connectivity index (χ3v) is 10.8. The van der Waals surface area contributed by atoms with Gasteiger partial charge in [-0.2, -0.15) is 10.4 Å². The quantitative estimate of drug-likeness (QED) is 0.633. The van der Waals surface area contributed by atoms with Crippen molar-refractivity contribution in [2.24, 2.45) is 40.9 Å². The molecule has 0 aromatic carbocycles. The van der Waals surface area contributed by atoms with Crippen LogP contribution in [0.4, 0.5) is 0 Å². The van der Waals surface area contributed by atoms with Crippen LogP contribution in [-0.4, -0.2) is 31.2 Å². The van der Waals surface area contributed by atoms with Crippen LogP contribution in [0.2, 0.25) is 0 Å². The molecule has 1 aromatic heterocycles. The minimum absolute atomic E-state index is 0.181. The Morgan fingerprint density at radius 3 is 2.67 bits per heavy atom. The first-order valence-electron chi connectivity index (χ1n) is 13.6. The van der Waals surface area contributed by atoms with E-state index in [1.54, 1.807) is 17.1 Å². The molecule has 4 saturated carbocycles. The lowest BCUT2D eigenvalue weighted by Gasteiger charge is -2.58. The molecule has 0 saturated heterocycles. The van der Waals surface area contributed by atoms with Gasteiger partial charge >= 0.3 is 0 Å². The smallest absolute Gasteiger partial charge is 0.102 e. The molecule has 5 nitrogen and oxygen atoms in total. The molecule has 4 aliphatic carbocycles. The Kier molecular flexibility index (Phi) is 5.93. The summed E-state index contributed by atoms with van der Waals surface area (Å²) in [4.78, 5) is 0. The van der Waals surface area contributed by atoms with Gasteiger partial charge in [-0.25, -0.2) is 0 Å². The Balaban J connectivity index is 1.31. The Bertz CT molecular complexity index is 903. The highest BCUT2D eigenvalue weighted by molar-refractivity contribution is 5.21. The average molecular weight is 454 g/mol. The van der Waals surface area contributed by atoms with Crippen LogP contribution >= 0.6 is 0 Å². The normalized spacial score (nSPS) is 44.2. The molecule has 0 radical (unpaired) electrons. The molecule has 5 rings (SSSR count). The monoisotopic (exact) mass is 453 g/mol. The maximum atomic E-state index is 11.7. The van der Waals surface area contributed by atoms with Crippen LogP contribution in [0.1, 0.15) is 97.0 Å². The van der Waals surface area contributed by atoms with Gasteiger partial charge in [-0.05, 0) is 112 Å². The van der Waals surface area contributed by atoms with Crippen LogP contribution in [0, 0.1) is 52.3 Å². The number of rotatable bonds is 5. The second kappa shape index (κ2) is 8.38. The minimum Gasteiger partial charge on any atom is -0.390 e. The number of fused-ring (bicyclic) bond motifs is 5. The van der Waals surface area contributed by atoms with Gasteiger partial charge in [-0.15, -0.1) is 0 Å². The number of aliphatic hydroxyl groups is 2. The van der Waals surface area contributed by atoms with Crippen molar-refractivity contribution in [3.63, 3.8) is 0 Å². The van der Waals surface area contributed by atoms with Crippen molar-refractivity contribution in [2.45, 2.75) is 109 Å². The highest BCUT2D eigenvalue weighted by atomic mass is 16.3. The molecule has 5 heteroatoms. The Hall–Kier alpha value is -1.38. The number of nitriles is 1. The van der Waals surface area contributed by atoms with Crippen molar-refractivity contribution < 1.29 is 10.2 Å². The highest BCUT2D eigenvalue weighted by Gasteiger charge is 2.60. The lowest BCUT2D eigenvalue weighted by atomic mass is 9.48. The number of nitrogens with zero attached hydrogens (tertiary/aromatic N) is 3. The summed E-state index contributed by atoms with van der Waals surface area (Å²) in [5.41, 5.74) is -0.494. The second-order valence-electron chi connectivity index (χ2n) is 12.7. The number of aromatic nitrogens is 2. The SMILES string of the molecule is CCC[C@@]1(O)CC[C@H]2[C@@H](CC[C@@H]3[C@@H]2CC[C@]2(C)[C@@H](C(C)(O)Cn4cc(C#N)cn4)CC[C@@H]32)C1. The topological polar surface area (TPSA) is 82.1 Å². The predicted octanol–water partition coefficient (Wildman–Crippen LogP) is 5.31. The summed E-state index contributed by atoms with van der Waals surface area (Å²) in [7, 11) is 0. The molecular formula is C28H43N3O2. The molecule has 4 aliphatic rings. The summed E-state index contributed by atoms with van der Waals surface area (Å²) in [5, 5.41) is 36.2. The summed E-state index contributed by atoms with van der Waals surface area (Å²) < 4.78 is 1.76. The summed E-state index contributed by atoms with van der Waals surface area (Å²) in [5.74, 6) is 4.11. The molecule has 2 N–H and O–H groups in total. The van der Waals surface area contributed by atoms with Crippen molar-refractivity contribution in [1.29, 1.82) is 5.26 Å². The van der Waals surface area contributed by atoms with E-state index in [0.717, 1.165) is 55.8 Å². The van der Waals surface area contributed by atoms with Crippen molar-refractivity contribution in [3.8, 4) is 6.07 Å². The largest absolute Gasteiger partial charge is 0.390 e. The number of hydrogen-bond donors (Lipinski definition) is 2. The van der Waals surface area contributed by atoms with Crippen molar-refractivity contribution in [3.05, 3.63) is 18.0 Å². The van der Waals surface area contributed by atoms with Crippen LogP contribution in [0.3, 0.4) is 0 Å². The maximum Gasteiger partial charge on any atom is 0.102 e. The van der Waals surface area contributed by atoms with Gasteiger partial charge in [0.2, 0.25) is 0 Å². The van der Waals surface area contributed by atoms with Crippen molar-refractivity contribution in [1.82, 2.24) is 9.78 Å². The van der Waals surface area contributed by atoms with E-state index in [4.69, 9.17) is 5.26 Å². The van der Waals surface area contributed by atoms with Gasteiger partial charge in [-0.1, -0.05) is 20.3 Å². The van der Waals surface area contributed by atoms with Crippen LogP contribution < -0.4 is 0 Å². The van der Waals surface area contributed by atoms with Crippen molar-refractivity contribution >= 4 is 0 Å². The molecule has 182 valence electrons. The molecule has 33 heavy (non-hydrogen) atoms. The average Bonchev–Trinajstić information content (AvgIpc) is 3.36. The molecule has 0 spiro atoms. The lowest BCUT2D eigenvalue weighted by Crippen LogP contribution is -2.53. The molecule has 0 amide bonds. The third-order valence-electron chi connectivity index (χ3n) is 10.8. The minimum atomic E-state index is -0.826. The van der Waals surface area contributed by atoms with Crippen LogP contribution in [0.5, 0.6) is 0 Å². The van der Waals surface area contributed by atoms with E-state index in [9.17, 15) is 10.2 Å². The summed E-state index contributed by atoms with van der Waals surface area (Å²) >= 11 is 0. The van der Waals surface area contributed by atoms with E-state index in [-0.39, 0.29) is 11.3 Å². The lowest BCUT2D eigenvalue weighted by molar-refractivity contribution is -0.130. The zero-order valence-electron chi connectivity index (χ0n) is 20.8. The van der Waals surface area contributed by atoms with E-state index in [1.165, 1.54) is 38.5 Å². The first kappa shape index (κ1) is 23.4. The Morgan fingerprint density at radius 2 is 1.94 bits per heavy atom. The van der Waals surface area contributed by atoms with E-state index in [2.05, 4.69) is 25.0 Å². The summed E-state index contributed by atoms with van der Waals surface area (Å²) in [6.07, 6.45) is 16.1. The number of hydrogen-bond acceptors (Lipinski definition) is 4. The van der Waals surface area contributed by atoms with E-state index < -0.39 is 11.2 Å². The standard InChI is InChI=1S/C28H43N3O2/c1-4-11-28(33)13-10-21-20(14-28)5-6-23-22(21)9-12-26(2)24(23)7-8-25(26)27(3,32)18-31-17-19(15-29)16-30-31/h16-17,20-25,32-33H,4-14,18H2,1-3H3/t20-,21-,22+,23+,24-,25-,26-,27?,28+/m0/s1. The van der Waals surface area contributed by atoms with Gasteiger partial charge in [-0.3, -0.25) is 4.68 Å². The van der Waals surface area contributed by atoms with Gasteiger partial charge in [0, 0.05) is 6.20 Å². The fourth-order valence-corrected chi connectivity index (χ4v) is 9.62. The van der Waals surface area contributed by atoms with E-state index >= 15 is 0 Å². The van der Waals surface area contributed by atoms with Gasteiger partial charge in [0.05, 0.1) is 29.5 Å². The summed E-state index contributed by atoms with van der Waals surface area (Å²) in [6.45, 7) is 7.12. The van der Waals surface area contributed by atoms with Gasteiger partial charge in [0.1, 0.15) is 6.07 Å². The second-order valence-corrected chi connectivity index (χ2v) is 12.7. The molecular weight excluding hydrogens is 410 g/mol. The van der Waals surface area contributed by atoms with Gasteiger partial charge in [0.25, 0.3) is 0 Å². The van der Waals surface area contributed by atoms with E-state index in [1.807, 2.05) is 6.92 Å². The first-order chi connectivity index (χ1) is 15.7. The Labute approximate surface area is 199 Å². The molecule has 0 aliphatic heterocycles. The molecule has 4 fully saturated rings. The zero-order chi connectivity index (χ0) is 23.4.